The third-order valence-electron chi connectivity index (χ3n) is 3.66. The standard InChI is InChI=1S/C18H12BrClF2O/c1-23-18-15(21)7-10(8-16(18)22)6-11-9-14(19)12-4-2-3-5-13(12)17(11)20/h2-5,7-9H,6H2,1H3. The molecule has 0 aliphatic heterocycles. The summed E-state index contributed by atoms with van der Waals surface area (Å²) in [6.07, 6.45) is 0.320. The van der Waals surface area contributed by atoms with E-state index in [1.165, 1.54) is 19.2 Å². The molecule has 0 aromatic heterocycles. The number of halogens is 4. The van der Waals surface area contributed by atoms with Crippen LogP contribution in [0.25, 0.3) is 10.8 Å². The molecule has 0 aliphatic carbocycles. The van der Waals surface area contributed by atoms with E-state index in [0.717, 1.165) is 20.8 Å². The molecule has 0 fully saturated rings. The second-order valence-electron chi connectivity index (χ2n) is 5.15. The van der Waals surface area contributed by atoms with Crippen molar-refractivity contribution < 1.29 is 13.5 Å². The van der Waals surface area contributed by atoms with Gasteiger partial charge in [0, 0.05) is 9.86 Å². The van der Waals surface area contributed by atoms with Crippen molar-refractivity contribution in [1.29, 1.82) is 0 Å². The second kappa shape index (κ2) is 6.46. The summed E-state index contributed by atoms with van der Waals surface area (Å²) in [7, 11) is 1.23. The molecule has 0 aliphatic rings. The second-order valence-corrected chi connectivity index (χ2v) is 6.38. The van der Waals surface area contributed by atoms with Gasteiger partial charge in [-0.2, -0.15) is 0 Å². The van der Waals surface area contributed by atoms with Gasteiger partial charge in [0.15, 0.2) is 17.4 Å². The van der Waals surface area contributed by atoms with Crippen LogP contribution >= 0.6 is 27.5 Å². The van der Waals surface area contributed by atoms with Gasteiger partial charge >= 0.3 is 0 Å². The first-order valence-corrected chi connectivity index (χ1v) is 8.06. The summed E-state index contributed by atoms with van der Waals surface area (Å²) in [6, 6.07) is 12.1. The molecular formula is C18H12BrClF2O. The van der Waals surface area contributed by atoms with E-state index in [2.05, 4.69) is 15.9 Å². The predicted molar refractivity (Wildman–Crippen MR) is 92.4 cm³/mol. The summed E-state index contributed by atoms with van der Waals surface area (Å²) >= 11 is 9.99. The number of hydrogen-bond donors (Lipinski definition) is 0. The highest BCUT2D eigenvalue weighted by Crippen LogP contribution is 2.35. The number of rotatable bonds is 3. The Morgan fingerprint density at radius 1 is 1.04 bits per heavy atom. The molecule has 1 nitrogen and oxygen atoms in total. The van der Waals surface area contributed by atoms with E-state index in [1.807, 2.05) is 30.3 Å². The highest BCUT2D eigenvalue weighted by atomic mass is 79.9. The van der Waals surface area contributed by atoms with Gasteiger partial charge in [0.2, 0.25) is 0 Å². The molecule has 0 saturated carbocycles. The Labute approximate surface area is 146 Å². The zero-order valence-corrected chi connectivity index (χ0v) is 14.5. The van der Waals surface area contributed by atoms with Gasteiger partial charge < -0.3 is 4.74 Å². The molecule has 3 rings (SSSR count). The lowest BCUT2D eigenvalue weighted by Gasteiger charge is -2.11. The van der Waals surface area contributed by atoms with Gasteiger partial charge in [0.1, 0.15) is 0 Å². The van der Waals surface area contributed by atoms with Crippen LogP contribution in [0.5, 0.6) is 5.75 Å². The van der Waals surface area contributed by atoms with Gasteiger partial charge in [-0.3, -0.25) is 0 Å². The largest absolute Gasteiger partial charge is 0.491 e. The first-order valence-electron chi connectivity index (χ1n) is 6.88. The Morgan fingerprint density at radius 3 is 2.26 bits per heavy atom. The van der Waals surface area contributed by atoms with Gasteiger partial charge in [-0.05, 0) is 41.1 Å². The molecule has 0 saturated heterocycles. The summed E-state index contributed by atoms with van der Waals surface area (Å²) in [5.41, 5.74) is 1.28. The van der Waals surface area contributed by atoms with Gasteiger partial charge in [0.25, 0.3) is 0 Å². The highest BCUT2D eigenvalue weighted by Gasteiger charge is 2.14. The molecule has 23 heavy (non-hydrogen) atoms. The predicted octanol–water partition coefficient (Wildman–Crippen LogP) is 6.13. The lowest BCUT2D eigenvalue weighted by Crippen LogP contribution is -1.97. The lowest BCUT2D eigenvalue weighted by atomic mass is 10.0. The molecule has 0 heterocycles. The number of benzene rings is 3. The van der Waals surface area contributed by atoms with Crippen LogP contribution in [0.2, 0.25) is 5.02 Å². The Hall–Kier alpha value is -1.65. The van der Waals surface area contributed by atoms with Crippen molar-refractivity contribution in [3.63, 3.8) is 0 Å². The smallest absolute Gasteiger partial charge is 0.190 e. The maximum absolute atomic E-state index is 13.8. The van der Waals surface area contributed by atoms with E-state index >= 15 is 0 Å². The summed E-state index contributed by atoms with van der Waals surface area (Å²) in [5.74, 6) is -1.82. The molecule has 5 heteroatoms. The van der Waals surface area contributed by atoms with Crippen molar-refractivity contribution in [1.82, 2.24) is 0 Å². The third kappa shape index (κ3) is 3.06. The summed E-state index contributed by atoms with van der Waals surface area (Å²) in [5, 5.41) is 2.47. The molecule has 0 amide bonds. The average molecular weight is 398 g/mol. The van der Waals surface area contributed by atoms with Crippen LogP contribution in [0.3, 0.4) is 0 Å². The van der Waals surface area contributed by atoms with Crippen LogP contribution < -0.4 is 4.74 Å². The van der Waals surface area contributed by atoms with Crippen molar-refractivity contribution in [3.05, 3.63) is 74.7 Å². The van der Waals surface area contributed by atoms with Crippen LogP contribution in [0.1, 0.15) is 11.1 Å². The fourth-order valence-electron chi connectivity index (χ4n) is 2.61. The van der Waals surface area contributed by atoms with Crippen LogP contribution in [0, 0.1) is 11.6 Å². The van der Waals surface area contributed by atoms with Gasteiger partial charge in [-0.1, -0.05) is 51.8 Å². The minimum absolute atomic E-state index is 0.320. The SMILES string of the molecule is COc1c(F)cc(Cc2cc(Br)c3ccccc3c2Cl)cc1F. The summed E-state index contributed by atoms with van der Waals surface area (Å²) < 4.78 is 33.3. The van der Waals surface area contributed by atoms with Crippen LogP contribution in [-0.2, 0) is 6.42 Å². The molecule has 0 radical (unpaired) electrons. The van der Waals surface area contributed by atoms with Crippen molar-refractivity contribution in [2.75, 3.05) is 7.11 Å². The summed E-state index contributed by atoms with van der Waals surface area (Å²) in [6.45, 7) is 0. The Kier molecular flexibility index (Phi) is 4.55. The molecule has 118 valence electrons. The van der Waals surface area contributed by atoms with Crippen LogP contribution in [0.4, 0.5) is 8.78 Å². The monoisotopic (exact) mass is 396 g/mol. The third-order valence-corrected chi connectivity index (χ3v) is 4.76. The lowest BCUT2D eigenvalue weighted by molar-refractivity contribution is 0.359. The first kappa shape index (κ1) is 16.2. The molecule has 0 atom stereocenters. The van der Waals surface area contributed by atoms with E-state index in [9.17, 15) is 8.78 Å². The van der Waals surface area contributed by atoms with E-state index < -0.39 is 11.6 Å². The maximum Gasteiger partial charge on any atom is 0.190 e. The number of fused-ring (bicyclic) bond motifs is 1. The number of ether oxygens (including phenoxy) is 1. The van der Waals surface area contributed by atoms with Gasteiger partial charge in [-0.15, -0.1) is 0 Å². The van der Waals surface area contributed by atoms with Crippen LogP contribution in [-0.4, -0.2) is 7.11 Å². The van der Waals surface area contributed by atoms with Crippen molar-refractivity contribution >= 4 is 38.3 Å². The quantitative estimate of drug-likeness (QED) is 0.516. The molecule has 0 N–H and O–H groups in total. The van der Waals surface area contributed by atoms with E-state index in [4.69, 9.17) is 16.3 Å². The topological polar surface area (TPSA) is 9.23 Å². The normalized spacial score (nSPS) is 11.0. The van der Waals surface area contributed by atoms with Crippen molar-refractivity contribution in [2.24, 2.45) is 0 Å². The number of hydrogen-bond acceptors (Lipinski definition) is 1. The molecular weight excluding hydrogens is 386 g/mol. The zero-order valence-electron chi connectivity index (χ0n) is 12.2. The highest BCUT2D eigenvalue weighted by molar-refractivity contribution is 9.10. The Bertz CT molecular complexity index is 873. The first-order chi connectivity index (χ1) is 11.0. The fourth-order valence-corrected chi connectivity index (χ4v) is 3.52. The van der Waals surface area contributed by atoms with Gasteiger partial charge in [-0.25, -0.2) is 8.78 Å². The average Bonchev–Trinajstić information content (AvgIpc) is 2.52. The van der Waals surface area contributed by atoms with E-state index in [1.54, 1.807) is 0 Å². The van der Waals surface area contributed by atoms with Crippen LogP contribution in [0.15, 0.2) is 46.9 Å². The van der Waals surface area contributed by atoms with Crippen molar-refractivity contribution in [2.45, 2.75) is 6.42 Å². The zero-order chi connectivity index (χ0) is 16.6. The Balaban J connectivity index is 2.07. The van der Waals surface area contributed by atoms with E-state index in [0.29, 0.717) is 17.0 Å². The summed E-state index contributed by atoms with van der Waals surface area (Å²) in [4.78, 5) is 0. The maximum atomic E-state index is 13.8. The molecule has 3 aromatic carbocycles. The van der Waals surface area contributed by atoms with E-state index in [-0.39, 0.29) is 5.75 Å². The minimum atomic E-state index is -0.724. The molecule has 0 unspecified atom stereocenters. The van der Waals surface area contributed by atoms with Crippen molar-refractivity contribution in [3.8, 4) is 5.75 Å². The molecule has 3 aromatic rings. The minimum Gasteiger partial charge on any atom is -0.491 e. The fraction of sp³-hybridized carbons (Fsp3) is 0.111. The molecule has 0 spiro atoms. The Morgan fingerprint density at radius 2 is 1.65 bits per heavy atom. The molecule has 0 bridgehead atoms. The number of methoxy groups -OCH3 is 1. The van der Waals surface area contributed by atoms with Gasteiger partial charge in [0.05, 0.1) is 12.1 Å².